The Kier molecular flexibility index (Phi) is 6.53. The molecule has 172 valence electrons. The number of hydrogen-bond donors (Lipinski definition) is 0. The predicted molar refractivity (Wildman–Crippen MR) is 135 cm³/mol. The minimum absolute atomic E-state index is 0.0308. The number of benzene rings is 2. The fourth-order valence-corrected chi connectivity index (χ4v) is 4.69. The van der Waals surface area contributed by atoms with Crippen LogP contribution in [0.25, 0.3) is 22.0 Å². The van der Waals surface area contributed by atoms with Gasteiger partial charge in [-0.05, 0) is 67.8 Å². The fraction of sp³-hybridized carbons (Fsp3) is 0.222. The zero-order chi connectivity index (χ0) is 23.3. The van der Waals surface area contributed by atoms with Crippen molar-refractivity contribution in [3.05, 3.63) is 77.8 Å². The predicted octanol–water partition coefficient (Wildman–Crippen LogP) is 5.77. The van der Waals surface area contributed by atoms with E-state index in [1.165, 1.54) is 5.56 Å². The van der Waals surface area contributed by atoms with Gasteiger partial charge in [-0.2, -0.15) is 0 Å². The average Bonchev–Trinajstić information content (AvgIpc) is 3.36. The largest absolute Gasteiger partial charge is 0.494 e. The Labute approximate surface area is 202 Å². The number of fused-ring (bicyclic) bond motifs is 1. The first-order valence-corrected chi connectivity index (χ1v) is 12.2. The number of aryl methyl sites for hydroxylation is 1. The number of thiazole rings is 1. The number of pyridine rings is 1. The highest BCUT2D eigenvalue weighted by Gasteiger charge is 2.26. The number of nitrogens with zero attached hydrogens (tertiary/aromatic N) is 3. The lowest BCUT2D eigenvalue weighted by molar-refractivity contribution is -0.121. The summed E-state index contributed by atoms with van der Waals surface area (Å²) in [7, 11) is 0. The minimum atomic E-state index is -0.0308. The van der Waals surface area contributed by atoms with Crippen LogP contribution in [-0.4, -0.2) is 35.6 Å². The summed E-state index contributed by atoms with van der Waals surface area (Å²) >= 11 is 1.56. The molecule has 0 fully saturated rings. The molecule has 0 radical (unpaired) electrons. The molecule has 0 saturated carbocycles. The summed E-state index contributed by atoms with van der Waals surface area (Å²) in [6.07, 6.45) is 3.46. The number of aromatic nitrogens is 2. The molecule has 5 rings (SSSR count). The number of carbonyl (C=O) groups excluding carboxylic acids is 1. The molecule has 6 nitrogen and oxygen atoms in total. The highest BCUT2D eigenvalue weighted by Crippen LogP contribution is 2.37. The molecule has 3 heterocycles. The van der Waals surface area contributed by atoms with Crippen molar-refractivity contribution in [3.8, 4) is 33.5 Å². The topological polar surface area (TPSA) is 64.5 Å². The van der Waals surface area contributed by atoms with E-state index in [2.05, 4.69) is 4.98 Å². The van der Waals surface area contributed by atoms with Gasteiger partial charge in [0.05, 0.1) is 23.7 Å². The summed E-state index contributed by atoms with van der Waals surface area (Å²) in [6.45, 7) is 3.34. The van der Waals surface area contributed by atoms with Crippen molar-refractivity contribution in [3.63, 3.8) is 0 Å². The van der Waals surface area contributed by atoms with E-state index in [4.69, 9.17) is 14.5 Å². The van der Waals surface area contributed by atoms with Gasteiger partial charge in [0.2, 0.25) is 0 Å². The summed E-state index contributed by atoms with van der Waals surface area (Å²) in [6, 6.07) is 19.7. The summed E-state index contributed by atoms with van der Waals surface area (Å²) in [4.78, 5) is 23.6. The molecule has 0 aliphatic carbocycles. The van der Waals surface area contributed by atoms with Crippen molar-refractivity contribution < 1.29 is 14.3 Å². The molecular formula is C27H25N3O3S. The van der Waals surface area contributed by atoms with Gasteiger partial charge in [0.25, 0.3) is 5.91 Å². The lowest BCUT2D eigenvalue weighted by Gasteiger charge is -2.29. The highest BCUT2D eigenvalue weighted by molar-refractivity contribution is 7.13. The van der Waals surface area contributed by atoms with Gasteiger partial charge < -0.3 is 14.4 Å². The molecule has 0 saturated heterocycles. The van der Waals surface area contributed by atoms with Crippen LogP contribution in [0.5, 0.6) is 11.5 Å². The number of unbranched alkanes of at least 4 members (excludes halogenated alkanes) is 1. The zero-order valence-corrected chi connectivity index (χ0v) is 19.8. The van der Waals surface area contributed by atoms with Crippen molar-refractivity contribution >= 4 is 22.9 Å². The normalized spacial score (nSPS) is 12.9. The number of anilines is 1. The van der Waals surface area contributed by atoms with Crippen molar-refractivity contribution in [2.45, 2.75) is 19.8 Å². The van der Waals surface area contributed by atoms with E-state index in [9.17, 15) is 4.79 Å². The maximum Gasteiger partial charge on any atom is 0.265 e. The summed E-state index contributed by atoms with van der Waals surface area (Å²) in [5, 5.41) is 2.88. The fourth-order valence-electron chi connectivity index (χ4n) is 3.89. The SMILES string of the molecule is Cc1cccc(OCCCCN2C(=O)COc3ccc(-c4csc(-c5ccccn5)n4)cc32)c1. The molecule has 1 aliphatic heterocycles. The van der Waals surface area contributed by atoms with E-state index < -0.39 is 0 Å². The van der Waals surface area contributed by atoms with E-state index in [1.54, 1.807) is 17.5 Å². The van der Waals surface area contributed by atoms with Crippen LogP contribution in [0.3, 0.4) is 0 Å². The molecular weight excluding hydrogens is 446 g/mol. The molecule has 2 aromatic heterocycles. The number of hydrogen-bond acceptors (Lipinski definition) is 6. The van der Waals surface area contributed by atoms with Crippen LogP contribution in [0.15, 0.2) is 72.2 Å². The van der Waals surface area contributed by atoms with Gasteiger partial charge >= 0.3 is 0 Å². The smallest absolute Gasteiger partial charge is 0.265 e. The molecule has 34 heavy (non-hydrogen) atoms. The van der Waals surface area contributed by atoms with Gasteiger partial charge in [0, 0.05) is 23.7 Å². The first-order valence-electron chi connectivity index (χ1n) is 11.3. The molecule has 0 unspecified atom stereocenters. The maximum absolute atomic E-state index is 12.7. The lowest BCUT2D eigenvalue weighted by Crippen LogP contribution is -2.39. The van der Waals surface area contributed by atoms with Gasteiger partial charge in [-0.1, -0.05) is 18.2 Å². The molecule has 0 atom stereocenters. The van der Waals surface area contributed by atoms with Crippen LogP contribution in [0.4, 0.5) is 5.69 Å². The van der Waals surface area contributed by atoms with Crippen molar-refractivity contribution in [1.82, 2.24) is 9.97 Å². The average molecular weight is 472 g/mol. The molecule has 0 spiro atoms. The lowest BCUT2D eigenvalue weighted by atomic mass is 10.1. The van der Waals surface area contributed by atoms with E-state index >= 15 is 0 Å². The van der Waals surface area contributed by atoms with Crippen LogP contribution in [0, 0.1) is 6.92 Å². The Morgan fingerprint density at radius 1 is 1.06 bits per heavy atom. The quantitative estimate of drug-likeness (QED) is 0.306. The summed E-state index contributed by atoms with van der Waals surface area (Å²) in [5.74, 6) is 1.57. The Hall–Kier alpha value is -3.71. The van der Waals surface area contributed by atoms with Crippen molar-refractivity contribution in [2.24, 2.45) is 0 Å². The van der Waals surface area contributed by atoms with Crippen molar-refractivity contribution in [2.75, 3.05) is 24.7 Å². The summed E-state index contributed by atoms with van der Waals surface area (Å²) in [5.41, 5.74) is 4.63. The van der Waals surface area contributed by atoms with E-state index in [1.807, 2.05) is 77.9 Å². The van der Waals surface area contributed by atoms with E-state index in [-0.39, 0.29) is 12.5 Å². The Morgan fingerprint density at radius 3 is 2.85 bits per heavy atom. The molecule has 4 aromatic rings. The second-order valence-corrected chi connectivity index (χ2v) is 9.00. The van der Waals surface area contributed by atoms with Gasteiger partial charge in [-0.25, -0.2) is 4.98 Å². The standard InChI is InChI=1S/C27H25N3O3S/c1-19-7-6-8-21(15-19)32-14-5-4-13-30-24-16-20(10-11-25(24)33-17-26(30)31)23-18-34-27(29-23)22-9-2-3-12-28-22/h2-3,6-12,15-16,18H,4-5,13-14,17H2,1H3. The molecule has 7 heteroatoms. The van der Waals surface area contributed by atoms with Crippen molar-refractivity contribution in [1.29, 1.82) is 0 Å². The van der Waals surface area contributed by atoms with Crippen LogP contribution >= 0.6 is 11.3 Å². The number of carbonyl (C=O) groups is 1. The molecule has 2 aromatic carbocycles. The molecule has 1 amide bonds. The van der Waals surface area contributed by atoms with E-state index in [0.29, 0.717) is 13.2 Å². The second kappa shape index (κ2) is 10.1. The second-order valence-electron chi connectivity index (χ2n) is 8.14. The van der Waals surface area contributed by atoms with Gasteiger partial charge in [0.1, 0.15) is 16.5 Å². The first kappa shape index (κ1) is 22.1. The zero-order valence-electron chi connectivity index (χ0n) is 18.9. The number of ether oxygens (including phenoxy) is 2. The third-order valence-electron chi connectivity index (χ3n) is 5.62. The molecule has 1 aliphatic rings. The number of amides is 1. The first-order chi connectivity index (χ1) is 16.7. The third kappa shape index (κ3) is 4.94. The van der Waals surface area contributed by atoms with E-state index in [0.717, 1.165) is 52.0 Å². The van der Waals surface area contributed by atoms with Gasteiger partial charge in [0.15, 0.2) is 6.61 Å². The van der Waals surface area contributed by atoms with Gasteiger partial charge in [-0.3, -0.25) is 9.78 Å². The Bertz CT molecular complexity index is 1290. The highest BCUT2D eigenvalue weighted by atomic mass is 32.1. The van der Waals surface area contributed by atoms with Crippen LogP contribution in [0.2, 0.25) is 0 Å². The minimum Gasteiger partial charge on any atom is -0.494 e. The monoisotopic (exact) mass is 471 g/mol. The third-order valence-corrected chi connectivity index (χ3v) is 6.49. The summed E-state index contributed by atoms with van der Waals surface area (Å²) < 4.78 is 11.5. The van der Waals surface area contributed by atoms with Crippen LogP contribution < -0.4 is 14.4 Å². The Morgan fingerprint density at radius 2 is 2.00 bits per heavy atom. The molecule has 0 N–H and O–H groups in total. The number of rotatable bonds is 8. The molecule has 0 bridgehead atoms. The Balaban J connectivity index is 1.26. The van der Waals surface area contributed by atoms with Crippen LogP contribution in [0.1, 0.15) is 18.4 Å². The van der Waals surface area contributed by atoms with Gasteiger partial charge in [-0.15, -0.1) is 11.3 Å². The maximum atomic E-state index is 12.7. The van der Waals surface area contributed by atoms with Crippen LogP contribution in [-0.2, 0) is 4.79 Å².